The Morgan fingerprint density at radius 1 is 1.36 bits per heavy atom. The van der Waals surface area contributed by atoms with Crippen molar-refractivity contribution in [2.75, 3.05) is 0 Å². The first-order valence-electron chi connectivity index (χ1n) is 5.20. The number of rotatable bonds is 4. The fourth-order valence-electron chi connectivity index (χ4n) is 1.18. The van der Waals surface area contributed by atoms with Gasteiger partial charge >= 0.3 is 0 Å². The lowest BCUT2D eigenvalue weighted by Crippen LogP contribution is -1.83. The van der Waals surface area contributed by atoms with Crippen LogP contribution in [0.2, 0.25) is 0 Å². The van der Waals surface area contributed by atoms with E-state index in [2.05, 4.69) is 24.9 Å². The lowest BCUT2D eigenvalue weighted by molar-refractivity contribution is 0.515. The van der Waals surface area contributed by atoms with Crippen LogP contribution in [-0.2, 0) is 0 Å². The van der Waals surface area contributed by atoms with Crippen molar-refractivity contribution in [1.82, 2.24) is 4.98 Å². The van der Waals surface area contributed by atoms with Crippen LogP contribution in [-0.4, -0.2) is 4.98 Å². The van der Waals surface area contributed by atoms with E-state index in [1.165, 1.54) is 6.42 Å². The Labute approximate surface area is 86.0 Å². The molecule has 0 aliphatic heterocycles. The van der Waals surface area contributed by atoms with E-state index in [0.29, 0.717) is 0 Å². The van der Waals surface area contributed by atoms with Crippen molar-refractivity contribution >= 4 is 6.08 Å². The maximum atomic E-state index is 5.42. The van der Waals surface area contributed by atoms with E-state index in [-0.39, 0.29) is 0 Å². The summed E-state index contributed by atoms with van der Waals surface area (Å²) in [5.41, 5.74) is 0.980. The van der Waals surface area contributed by atoms with Gasteiger partial charge in [-0.05, 0) is 38.7 Å². The van der Waals surface area contributed by atoms with Gasteiger partial charge in [0.2, 0.25) is 5.89 Å². The van der Waals surface area contributed by atoms with E-state index in [4.69, 9.17) is 4.42 Å². The summed E-state index contributed by atoms with van der Waals surface area (Å²) in [6.07, 6.45) is 6.40. The summed E-state index contributed by atoms with van der Waals surface area (Å²) in [4.78, 5) is 4.27. The van der Waals surface area contributed by atoms with E-state index in [1.54, 1.807) is 0 Å². The van der Waals surface area contributed by atoms with Crippen molar-refractivity contribution in [2.24, 2.45) is 5.92 Å². The van der Waals surface area contributed by atoms with Crippen LogP contribution in [0.25, 0.3) is 6.08 Å². The summed E-state index contributed by atoms with van der Waals surface area (Å²) < 4.78 is 5.42. The molecule has 0 atom stereocenters. The maximum absolute atomic E-state index is 5.42. The predicted molar refractivity (Wildman–Crippen MR) is 59.1 cm³/mol. The van der Waals surface area contributed by atoms with Gasteiger partial charge in [-0.2, -0.15) is 0 Å². The fourth-order valence-corrected chi connectivity index (χ4v) is 1.18. The zero-order valence-electron chi connectivity index (χ0n) is 9.50. The molecule has 0 aliphatic carbocycles. The maximum Gasteiger partial charge on any atom is 0.218 e. The summed E-state index contributed by atoms with van der Waals surface area (Å²) in [5, 5.41) is 0. The molecule has 1 heterocycles. The minimum absolute atomic E-state index is 0.726. The molecule has 2 heteroatoms. The zero-order chi connectivity index (χ0) is 10.6. The Hall–Kier alpha value is -1.05. The first kappa shape index (κ1) is 11.0. The number of hydrogen-bond donors (Lipinski definition) is 0. The van der Waals surface area contributed by atoms with Crippen molar-refractivity contribution in [1.29, 1.82) is 0 Å². The van der Waals surface area contributed by atoms with Gasteiger partial charge in [-0.15, -0.1) is 0 Å². The lowest BCUT2D eigenvalue weighted by Gasteiger charge is -1.97. The number of oxazole rings is 1. The Bertz CT molecular complexity index is 291. The monoisotopic (exact) mass is 193 g/mol. The molecule has 1 aromatic heterocycles. The van der Waals surface area contributed by atoms with Crippen molar-refractivity contribution in [3.63, 3.8) is 0 Å². The molecule has 0 saturated heterocycles. The van der Waals surface area contributed by atoms with Gasteiger partial charge in [-0.1, -0.05) is 19.9 Å². The smallest absolute Gasteiger partial charge is 0.218 e. The molecule has 0 saturated carbocycles. The average molecular weight is 193 g/mol. The molecule has 0 fully saturated rings. The van der Waals surface area contributed by atoms with E-state index in [1.807, 2.05) is 19.9 Å². The molecule has 0 N–H and O–H groups in total. The highest BCUT2D eigenvalue weighted by Gasteiger charge is 2.00. The second-order valence-corrected chi connectivity index (χ2v) is 4.07. The van der Waals surface area contributed by atoms with Crippen LogP contribution in [0.4, 0.5) is 0 Å². The third kappa shape index (κ3) is 3.36. The van der Waals surface area contributed by atoms with Crippen molar-refractivity contribution in [2.45, 2.75) is 40.5 Å². The largest absolute Gasteiger partial charge is 0.442 e. The highest BCUT2D eigenvalue weighted by Crippen LogP contribution is 2.11. The molecule has 1 aromatic rings. The van der Waals surface area contributed by atoms with Crippen LogP contribution in [0.1, 0.15) is 44.0 Å². The van der Waals surface area contributed by atoms with Gasteiger partial charge in [0.15, 0.2) is 0 Å². The van der Waals surface area contributed by atoms with Crippen molar-refractivity contribution < 1.29 is 4.42 Å². The van der Waals surface area contributed by atoms with Gasteiger partial charge < -0.3 is 4.42 Å². The highest BCUT2D eigenvalue weighted by atomic mass is 16.4. The fraction of sp³-hybridized carbons (Fsp3) is 0.583. The summed E-state index contributed by atoms with van der Waals surface area (Å²) >= 11 is 0. The van der Waals surface area contributed by atoms with Crippen LogP contribution in [0.5, 0.6) is 0 Å². The third-order valence-corrected chi connectivity index (χ3v) is 2.22. The molecule has 0 spiro atoms. The van der Waals surface area contributed by atoms with Crippen molar-refractivity contribution in [3.05, 3.63) is 23.4 Å². The minimum Gasteiger partial charge on any atom is -0.442 e. The van der Waals surface area contributed by atoms with E-state index < -0.39 is 0 Å². The predicted octanol–water partition coefficient (Wildman–Crippen LogP) is 3.74. The summed E-state index contributed by atoms with van der Waals surface area (Å²) in [6.45, 7) is 8.36. The first-order chi connectivity index (χ1) is 6.59. The Morgan fingerprint density at radius 2 is 2.07 bits per heavy atom. The first-order valence-corrected chi connectivity index (χ1v) is 5.20. The number of nitrogens with zero attached hydrogens (tertiary/aromatic N) is 1. The Kier molecular flexibility index (Phi) is 3.93. The molecule has 0 amide bonds. The molecule has 0 aliphatic rings. The Morgan fingerprint density at radius 3 is 2.57 bits per heavy atom. The van der Waals surface area contributed by atoms with Gasteiger partial charge in [0.1, 0.15) is 5.76 Å². The number of hydrogen-bond acceptors (Lipinski definition) is 2. The summed E-state index contributed by atoms with van der Waals surface area (Å²) in [5.74, 6) is 2.39. The number of aryl methyl sites for hydroxylation is 2. The molecule has 0 radical (unpaired) electrons. The van der Waals surface area contributed by atoms with E-state index in [0.717, 1.165) is 29.7 Å². The molecule has 14 heavy (non-hydrogen) atoms. The van der Waals surface area contributed by atoms with Crippen molar-refractivity contribution in [3.8, 4) is 0 Å². The third-order valence-electron chi connectivity index (χ3n) is 2.22. The normalized spacial score (nSPS) is 11.8. The molecular formula is C12H19NO. The van der Waals surface area contributed by atoms with Crippen LogP contribution >= 0.6 is 0 Å². The lowest BCUT2D eigenvalue weighted by atomic mass is 10.1. The Balaban J connectivity index is 2.44. The van der Waals surface area contributed by atoms with Crippen LogP contribution in [0.15, 0.2) is 10.5 Å². The SMILES string of the molecule is Cc1nc(/C=C/CCC(C)C)oc1C. The second-order valence-electron chi connectivity index (χ2n) is 4.07. The van der Waals surface area contributed by atoms with Crippen LogP contribution < -0.4 is 0 Å². The second kappa shape index (κ2) is 4.99. The quantitative estimate of drug-likeness (QED) is 0.728. The zero-order valence-corrected chi connectivity index (χ0v) is 9.50. The van der Waals surface area contributed by atoms with Gasteiger partial charge in [0, 0.05) is 0 Å². The molecular weight excluding hydrogens is 174 g/mol. The average Bonchev–Trinajstić information content (AvgIpc) is 2.40. The van der Waals surface area contributed by atoms with Gasteiger partial charge in [0.05, 0.1) is 5.69 Å². The van der Waals surface area contributed by atoms with E-state index >= 15 is 0 Å². The molecule has 0 aromatic carbocycles. The molecule has 2 nitrogen and oxygen atoms in total. The summed E-state index contributed by atoms with van der Waals surface area (Å²) in [6, 6.07) is 0. The number of aromatic nitrogens is 1. The van der Waals surface area contributed by atoms with Gasteiger partial charge in [-0.3, -0.25) is 0 Å². The molecule has 0 unspecified atom stereocenters. The molecule has 0 bridgehead atoms. The van der Waals surface area contributed by atoms with Gasteiger partial charge in [0.25, 0.3) is 0 Å². The molecule has 78 valence electrons. The van der Waals surface area contributed by atoms with Crippen LogP contribution in [0.3, 0.4) is 0 Å². The minimum atomic E-state index is 0.726. The number of allylic oxidation sites excluding steroid dienone is 1. The summed E-state index contributed by atoms with van der Waals surface area (Å²) in [7, 11) is 0. The van der Waals surface area contributed by atoms with Gasteiger partial charge in [-0.25, -0.2) is 4.98 Å². The van der Waals surface area contributed by atoms with Crippen LogP contribution in [0, 0.1) is 19.8 Å². The molecule has 1 rings (SSSR count). The highest BCUT2D eigenvalue weighted by molar-refractivity contribution is 5.38. The standard InChI is InChI=1S/C12H19NO/c1-9(2)7-5-6-8-12-13-10(3)11(4)14-12/h6,8-9H,5,7H2,1-4H3/b8-6+. The topological polar surface area (TPSA) is 26.0 Å². The van der Waals surface area contributed by atoms with E-state index in [9.17, 15) is 0 Å².